The normalized spacial score (nSPS) is 10.5. The van der Waals surface area contributed by atoms with Crippen LogP contribution < -0.4 is 0 Å². The fraction of sp³-hybridized carbons (Fsp3) is 0.556. The molecule has 0 N–H and O–H groups in total. The summed E-state index contributed by atoms with van der Waals surface area (Å²) >= 11 is 1.50. The molecule has 0 bridgehead atoms. The lowest BCUT2D eigenvalue weighted by Crippen LogP contribution is -2.33. The number of carbonyl (C=O) groups is 1. The third-order valence-electron chi connectivity index (χ3n) is 1.93. The minimum absolute atomic E-state index is 0.000602. The number of thiazole rings is 1. The maximum atomic E-state index is 11.7. The molecule has 1 aromatic heterocycles. The lowest BCUT2D eigenvalue weighted by Gasteiger charge is -2.19. The summed E-state index contributed by atoms with van der Waals surface area (Å²) in [6.07, 6.45) is 0. The lowest BCUT2D eigenvalue weighted by atomic mass is 10.3. The van der Waals surface area contributed by atoms with E-state index in [0.717, 1.165) is 5.01 Å². The van der Waals surface area contributed by atoms with Crippen LogP contribution in [0.15, 0.2) is 5.38 Å². The van der Waals surface area contributed by atoms with Gasteiger partial charge in [0.2, 0.25) is 0 Å². The first kappa shape index (κ1) is 10.2. The summed E-state index contributed by atoms with van der Waals surface area (Å²) in [6, 6.07) is 0.217. The van der Waals surface area contributed by atoms with Crippen LogP contribution in [-0.2, 0) is 0 Å². The van der Waals surface area contributed by atoms with E-state index < -0.39 is 0 Å². The highest BCUT2D eigenvalue weighted by molar-refractivity contribution is 7.09. The smallest absolute Gasteiger partial charge is 0.273 e. The summed E-state index contributed by atoms with van der Waals surface area (Å²) in [5, 5.41) is 2.73. The van der Waals surface area contributed by atoms with Gasteiger partial charge in [0, 0.05) is 18.5 Å². The van der Waals surface area contributed by atoms with E-state index in [2.05, 4.69) is 4.98 Å². The topological polar surface area (TPSA) is 33.2 Å². The number of hydrogen-bond donors (Lipinski definition) is 0. The molecule has 0 aliphatic carbocycles. The van der Waals surface area contributed by atoms with Crippen molar-refractivity contribution in [2.45, 2.75) is 26.8 Å². The predicted octanol–water partition coefficient (Wildman–Crippen LogP) is 1.93. The molecule has 1 aromatic rings. The SMILES string of the molecule is Cc1nc(C(=O)N(C)C(C)C)cs1. The minimum Gasteiger partial charge on any atom is -0.338 e. The quantitative estimate of drug-likeness (QED) is 0.727. The zero-order valence-electron chi connectivity index (χ0n) is 8.37. The molecule has 0 spiro atoms. The Kier molecular flexibility index (Phi) is 3.03. The van der Waals surface area contributed by atoms with Crippen molar-refractivity contribution < 1.29 is 4.79 Å². The Bertz CT molecular complexity index is 306. The molecule has 1 heterocycles. The number of hydrogen-bond acceptors (Lipinski definition) is 3. The molecule has 1 rings (SSSR count). The predicted molar refractivity (Wildman–Crippen MR) is 54.1 cm³/mol. The molecule has 13 heavy (non-hydrogen) atoms. The van der Waals surface area contributed by atoms with Crippen molar-refractivity contribution in [1.29, 1.82) is 0 Å². The van der Waals surface area contributed by atoms with E-state index in [-0.39, 0.29) is 11.9 Å². The maximum Gasteiger partial charge on any atom is 0.273 e. The second-order valence-corrected chi connectivity index (χ2v) is 4.32. The average molecular weight is 198 g/mol. The zero-order chi connectivity index (χ0) is 10.0. The van der Waals surface area contributed by atoms with Crippen LogP contribution in [0.3, 0.4) is 0 Å². The van der Waals surface area contributed by atoms with Crippen molar-refractivity contribution in [2.75, 3.05) is 7.05 Å². The van der Waals surface area contributed by atoms with Gasteiger partial charge in [0.15, 0.2) is 0 Å². The van der Waals surface area contributed by atoms with E-state index in [1.165, 1.54) is 11.3 Å². The van der Waals surface area contributed by atoms with Crippen molar-refractivity contribution in [2.24, 2.45) is 0 Å². The highest BCUT2D eigenvalue weighted by Gasteiger charge is 2.16. The van der Waals surface area contributed by atoms with Crippen molar-refractivity contribution in [3.63, 3.8) is 0 Å². The van der Waals surface area contributed by atoms with Crippen LogP contribution in [0.5, 0.6) is 0 Å². The van der Waals surface area contributed by atoms with Crippen LogP contribution in [0, 0.1) is 6.92 Å². The molecule has 1 amide bonds. The van der Waals surface area contributed by atoms with Gasteiger partial charge in [-0.25, -0.2) is 4.98 Å². The van der Waals surface area contributed by atoms with Crippen LogP contribution in [0.1, 0.15) is 29.3 Å². The van der Waals surface area contributed by atoms with E-state index in [9.17, 15) is 4.79 Å². The van der Waals surface area contributed by atoms with Gasteiger partial charge in [0.25, 0.3) is 5.91 Å². The summed E-state index contributed by atoms with van der Waals surface area (Å²) < 4.78 is 0. The number of amides is 1. The summed E-state index contributed by atoms with van der Waals surface area (Å²) in [6.45, 7) is 5.87. The highest BCUT2D eigenvalue weighted by Crippen LogP contribution is 2.10. The largest absolute Gasteiger partial charge is 0.338 e. The van der Waals surface area contributed by atoms with E-state index >= 15 is 0 Å². The summed E-state index contributed by atoms with van der Waals surface area (Å²) in [7, 11) is 1.79. The molecule has 0 atom stereocenters. The van der Waals surface area contributed by atoms with Gasteiger partial charge in [0.1, 0.15) is 5.69 Å². The van der Waals surface area contributed by atoms with Gasteiger partial charge >= 0.3 is 0 Å². The van der Waals surface area contributed by atoms with Crippen molar-refractivity contribution in [1.82, 2.24) is 9.88 Å². The van der Waals surface area contributed by atoms with E-state index in [4.69, 9.17) is 0 Å². The van der Waals surface area contributed by atoms with Crippen molar-refractivity contribution in [3.8, 4) is 0 Å². The molecule has 0 fully saturated rings. The first-order chi connectivity index (χ1) is 6.02. The summed E-state index contributed by atoms with van der Waals surface area (Å²) in [5.74, 6) is -0.000602. The van der Waals surface area contributed by atoms with Crippen LogP contribution >= 0.6 is 11.3 Å². The molecule has 4 heteroatoms. The van der Waals surface area contributed by atoms with Crippen LogP contribution in [0.2, 0.25) is 0 Å². The van der Waals surface area contributed by atoms with Gasteiger partial charge in [-0.3, -0.25) is 4.79 Å². The maximum absolute atomic E-state index is 11.7. The number of nitrogens with zero attached hydrogens (tertiary/aromatic N) is 2. The molecule has 0 aliphatic heterocycles. The highest BCUT2D eigenvalue weighted by atomic mass is 32.1. The average Bonchev–Trinajstić information content (AvgIpc) is 2.49. The lowest BCUT2D eigenvalue weighted by molar-refractivity contribution is 0.0749. The Morgan fingerprint density at radius 3 is 2.62 bits per heavy atom. The molecule has 0 aliphatic rings. The standard InChI is InChI=1S/C9H14N2OS/c1-6(2)11(4)9(12)8-5-13-7(3)10-8/h5-6H,1-4H3. The van der Waals surface area contributed by atoms with Gasteiger partial charge < -0.3 is 4.90 Å². The monoisotopic (exact) mass is 198 g/mol. The molecular weight excluding hydrogens is 184 g/mol. The van der Waals surface area contributed by atoms with E-state index in [1.807, 2.05) is 20.8 Å². The summed E-state index contributed by atoms with van der Waals surface area (Å²) in [4.78, 5) is 17.5. The Hall–Kier alpha value is -0.900. The number of aryl methyl sites for hydroxylation is 1. The second kappa shape index (κ2) is 3.87. The summed E-state index contributed by atoms with van der Waals surface area (Å²) in [5.41, 5.74) is 0.554. The number of rotatable bonds is 2. The first-order valence-electron chi connectivity index (χ1n) is 4.21. The zero-order valence-corrected chi connectivity index (χ0v) is 9.18. The molecule has 0 aromatic carbocycles. The van der Waals surface area contributed by atoms with Gasteiger partial charge in [-0.2, -0.15) is 0 Å². The van der Waals surface area contributed by atoms with Gasteiger partial charge in [-0.15, -0.1) is 11.3 Å². The Morgan fingerprint density at radius 1 is 1.62 bits per heavy atom. The second-order valence-electron chi connectivity index (χ2n) is 3.26. The van der Waals surface area contributed by atoms with Crippen LogP contribution in [-0.4, -0.2) is 28.9 Å². The van der Waals surface area contributed by atoms with Crippen molar-refractivity contribution >= 4 is 17.2 Å². The third-order valence-corrected chi connectivity index (χ3v) is 2.71. The Labute approximate surface area is 82.4 Å². The van der Waals surface area contributed by atoms with Crippen molar-refractivity contribution in [3.05, 3.63) is 16.1 Å². The van der Waals surface area contributed by atoms with Crippen LogP contribution in [0.4, 0.5) is 0 Å². The number of aromatic nitrogens is 1. The first-order valence-corrected chi connectivity index (χ1v) is 5.09. The van der Waals surface area contributed by atoms with E-state index in [0.29, 0.717) is 5.69 Å². The molecular formula is C9H14N2OS. The Balaban J connectivity index is 2.79. The fourth-order valence-corrected chi connectivity index (χ4v) is 1.46. The molecule has 3 nitrogen and oxygen atoms in total. The molecule has 72 valence electrons. The fourth-order valence-electron chi connectivity index (χ4n) is 0.877. The van der Waals surface area contributed by atoms with E-state index in [1.54, 1.807) is 17.3 Å². The van der Waals surface area contributed by atoms with Gasteiger partial charge in [-0.1, -0.05) is 0 Å². The van der Waals surface area contributed by atoms with Crippen LogP contribution in [0.25, 0.3) is 0 Å². The molecule has 0 saturated heterocycles. The number of carbonyl (C=O) groups excluding carboxylic acids is 1. The minimum atomic E-state index is -0.000602. The molecule has 0 saturated carbocycles. The Morgan fingerprint density at radius 2 is 2.23 bits per heavy atom. The molecule has 0 radical (unpaired) electrons. The van der Waals surface area contributed by atoms with Gasteiger partial charge in [-0.05, 0) is 20.8 Å². The third kappa shape index (κ3) is 2.28. The van der Waals surface area contributed by atoms with Gasteiger partial charge in [0.05, 0.1) is 5.01 Å². The molecule has 0 unspecified atom stereocenters.